The summed E-state index contributed by atoms with van der Waals surface area (Å²) in [6.07, 6.45) is 0.979. The monoisotopic (exact) mass is 312 g/mol. The summed E-state index contributed by atoms with van der Waals surface area (Å²) in [5, 5.41) is 9.62. The maximum absolute atomic E-state index is 12.7. The Bertz CT molecular complexity index is 586. The van der Waals surface area contributed by atoms with E-state index in [2.05, 4.69) is 0 Å². The molecular weight excluding hydrogens is 288 g/mol. The van der Waals surface area contributed by atoms with Gasteiger partial charge in [-0.1, -0.05) is 19.1 Å². The van der Waals surface area contributed by atoms with Gasteiger partial charge in [0.1, 0.15) is 0 Å². The number of aliphatic hydroxyl groups excluding tert-OH is 1. The molecule has 1 fully saturated rings. The minimum atomic E-state index is -3.50. The number of nitrogens with two attached hydrogens (primary N) is 1. The number of sulfonamides is 1. The highest BCUT2D eigenvalue weighted by Gasteiger charge is 2.34. The van der Waals surface area contributed by atoms with Gasteiger partial charge in [0.2, 0.25) is 10.0 Å². The Hall–Kier alpha value is -0.950. The van der Waals surface area contributed by atoms with Crippen LogP contribution in [0.2, 0.25) is 0 Å². The second-order valence-corrected chi connectivity index (χ2v) is 7.68. The highest BCUT2D eigenvalue weighted by Crippen LogP contribution is 2.27. The topological polar surface area (TPSA) is 83.6 Å². The molecule has 1 heterocycles. The standard InChI is InChI=1S/C15H24N2O3S/c1-3-15(16)12-5-4-6-14(9-12)21(19,20)17-8-7-13(10-17)11(2)18/h4-6,9,11,13,15,18H,3,7-8,10,16H2,1-2H3. The minimum Gasteiger partial charge on any atom is -0.393 e. The van der Waals surface area contributed by atoms with E-state index in [0.717, 1.165) is 12.0 Å². The van der Waals surface area contributed by atoms with Crippen LogP contribution >= 0.6 is 0 Å². The van der Waals surface area contributed by atoms with Gasteiger partial charge in [-0.3, -0.25) is 0 Å². The molecule has 1 aromatic carbocycles. The van der Waals surface area contributed by atoms with Gasteiger partial charge in [0.25, 0.3) is 0 Å². The van der Waals surface area contributed by atoms with Crippen LogP contribution in [-0.4, -0.2) is 37.0 Å². The lowest BCUT2D eigenvalue weighted by Gasteiger charge is -2.19. The smallest absolute Gasteiger partial charge is 0.243 e. The summed E-state index contributed by atoms with van der Waals surface area (Å²) in [6.45, 7) is 4.52. The summed E-state index contributed by atoms with van der Waals surface area (Å²) in [4.78, 5) is 0.287. The van der Waals surface area contributed by atoms with E-state index < -0.39 is 16.1 Å². The highest BCUT2D eigenvalue weighted by molar-refractivity contribution is 7.89. The number of hydrogen-bond donors (Lipinski definition) is 2. The molecule has 3 N–H and O–H groups in total. The normalized spacial score (nSPS) is 23.1. The van der Waals surface area contributed by atoms with Crippen LogP contribution in [0.1, 0.15) is 38.3 Å². The van der Waals surface area contributed by atoms with E-state index in [-0.39, 0.29) is 16.9 Å². The van der Waals surface area contributed by atoms with Crippen molar-refractivity contribution in [2.24, 2.45) is 11.7 Å². The molecule has 2 rings (SSSR count). The van der Waals surface area contributed by atoms with Crippen molar-refractivity contribution in [3.05, 3.63) is 29.8 Å². The molecule has 0 amide bonds. The lowest BCUT2D eigenvalue weighted by molar-refractivity contribution is 0.133. The second kappa shape index (κ2) is 6.44. The number of rotatable bonds is 5. The van der Waals surface area contributed by atoms with Crippen molar-refractivity contribution in [2.45, 2.75) is 43.7 Å². The van der Waals surface area contributed by atoms with Crippen LogP contribution in [0.5, 0.6) is 0 Å². The Morgan fingerprint density at radius 1 is 1.48 bits per heavy atom. The van der Waals surface area contributed by atoms with Crippen molar-refractivity contribution < 1.29 is 13.5 Å². The van der Waals surface area contributed by atoms with Crippen molar-refractivity contribution >= 4 is 10.0 Å². The van der Waals surface area contributed by atoms with E-state index in [1.165, 1.54) is 4.31 Å². The third-order valence-electron chi connectivity index (χ3n) is 4.23. The van der Waals surface area contributed by atoms with Gasteiger partial charge in [0.05, 0.1) is 11.0 Å². The first-order valence-electron chi connectivity index (χ1n) is 7.40. The molecule has 21 heavy (non-hydrogen) atoms. The zero-order chi connectivity index (χ0) is 15.6. The Morgan fingerprint density at radius 3 is 2.76 bits per heavy atom. The molecule has 5 nitrogen and oxygen atoms in total. The third kappa shape index (κ3) is 3.45. The van der Waals surface area contributed by atoms with E-state index in [1.54, 1.807) is 25.1 Å². The molecule has 0 saturated carbocycles. The van der Waals surface area contributed by atoms with E-state index >= 15 is 0 Å². The van der Waals surface area contributed by atoms with Crippen molar-refractivity contribution in [3.8, 4) is 0 Å². The van der Waals surface area contributed by atoms with Crippen LogP contribution in [-0.2, 0) is 10.0 Å². The molecule has 3 atom stereocenters. The van der Waals surface area contributed by atoms with Crippen molar-refractivity contribution in [3.63, 3.8) is 0 Å². The molecule has 6 heteroatoms. The average molecular weight is 312 g/mol. The molecule has 0 aliphatic carbocycles. The van der Waals surface area contributed by atoms with Gasteiger partial charge in [-0.2, -0.15) is 4.31 Å². The van der Waals surface area contributed by atoms with Gasteiger partial charge in [-0.25, -0.2) is 8.42 Å². The van der Waals surface area contributed by atoms with Gasteiger partial charge in [0, 0.05) is 19.1 Å². The summed E-state index contributed by atoms with van der Waals surface area (Å²) in [5.74, 6) is 0.0147. The molecule has 0 radical (unpaired) electrons. The van der Waals surface area contributed by atoms with Crippen molar-refractivity contribution in [1.29, 1.82) is 0 Å². The first kappa shape index (κ1) is 16.4. The van der Waals surface area contributed by atoms with Gasteiger partial charge in [0.15, 0.2) is 0 Å². The molecule has 0 aromatic heterocycles. The van der Waals surface area contributed by atoms with Crippen molar-refractivity contribution in [2.75, 3.05) is 13.1 Å². The SMILES string of the molecule is CCC(N)c1cccc(S(=O)(=O)N2CCC(C(C)O)C2)c1. The maximum atomic E-state index is 12.7. The van der Waals surface area contributed by atoms with Gasteiger partial charge in [-0.05, 0) is 43.4 Å². The molecular formula is C15H24N2O3S. The zero-order valence-electron chi connectivity index (χ0n) is 12.6. The van der Waals surface area contributed by atoms with Crippen LogP contribution in [0.15, 0.2) is 29.2 Å². The fourth-order valence-corrected chi connectivity index (χ4v) is 4.22. The van der Waals surface area contributed by atoms with Gasteiger partial charge < -0.3 is 10.8 Å². The number of aliphatic hydroxyl groups is 1. The fourth-order valence-electron chi connectivity index (χ4n) is 2.66. The van der Waals surface area contributed by atoms with Crippen LogP contribution in [0.25, 0.3) is 0 Å². The highest BCUT2D eigenvalue weighted by atomic mass is 32.2. The maximum Gasteiger partial charge on any atom is 0.243 e. The second-order valence-electron chi connectivity index (χ2n) is 5.74. The Kier molecular flexibility index (Phi) is 5.03. The molecule has 1 aliphatic heterocycles. The van der Waals surface area contributed by atoms with E-state index in [0.29, 0.717) is 19.5 Å². The summed E-state index contributed by atoms with van der Waals surface area (Å²) in [7, 11) is -3.50. The van der Waals surface area contributed by atoms with Crippen molar-refractivity contribution in [1.82, 2.24) is 4.31 Å². The summed E-state index contributed by atoms with van der Waals surface area (Å²) < 4.78 is 26.8. The predicted octanol–water partition coefficient (Wildman–Crippen LogP) is 1.49. The van der Waals surface area contributed by atoms with Crippen LogP contribution in [0, 0.1) is 5.92 Å². The van der Waals surface area contributed by atoms with Crippen LogP contribution in [0.4, 0.5) is 0 Å². The summed E-state index contributed by atoms with van der Waals surface area (Å²) in [5.41, 5.74) is 6.82. The molecule has 3 unspecified atom stereocenters. The zero-order valence-corrected chi connectivity index (χ0v) is 13.4. The molecule has 0 bridgehead atoms. The first-order chi connectivity index (χ1) is 9.86. The van der Waals surface area contributed by atoms with Gasteiger partial charge >= 0.3 is 0 Å². The summed E-state index contributed by atoms with van der Waals surface area (Å²) in [6, 6.07) is 6.72. The molecule has 0 spiro atoms. The van der Waals surface area contributed by atoms with Crippen LogP contribution in [0.3, 0.4) is 0 Å². The number of benzene rings is 1. The van der Waals surface area contributed by atoms with E-state index in [4.69, 9.17) is 5.73 Å². The molecule has 1 aliphatic rings. The Balaban J connectivity index is 2.24. The minimum absolute atomic E-state index is 0.0147. The van der Waals surface area contributed by atoms with E-state index in [9.17, 15) is 13.5 Å². The fraction of sp³-hybridized carbons (Fsp3) is 0.600. The number of hydrogen-bond acceptors (Lipinski definition) is 4. The Labute approximate surface area is 126 Å². The van der Waals surface area contributed by atoms with Gasteiger partial charge in [-0.15, -0.1) is 0 Å². The molecule has 1 aromatic rings. The van der Waals surface area contributed by atoms with E-state index in [1.807, 2.05) is 13.0 Å². The third-order valence-corrected chi connectivity index (χ3v) is 6.09. The Morgan fingerprint density at radius 2 is 2.19 bits per heavy atom. The lowest BCUT2D eigenvalue weighted by Crippen LogP contribution is -2.30. The molecule has 1 saturated heterocycles. The largest absolute Gasteiger partial charge is 0.393 e. The quantitative estimate of drug-likeness (QED) is 0.863. The van der Waals surface area contributed by atoms with Crippen LogP contribution < -0.4 is 5.73 Å². The average Bonchev–Trinajstić information content (AvgIpc) is 2.97. The molecule has 118 valence electrons. The first-order valence-corrected chi connectivity index (χ1v) is 8.84. The number of nitrogens with zero attached hydrogens (tertiary/aromatic N) is 1. The predicted molar refractivity (Wildman–Crippen MR) is 82.2 cm³/mol. The lowest BCUT2D eigenvalue weighted by atomic mass is 10.0. The summed E-state index contributed by atoms with van der Waals surface area (Å²) >= 11 is 0.